The summed E-state index contributed by atoms with van der Waals surface area (Å²) < 4.78 is 20.1. The minimum Gasteiger partial charge on any atom is -0.496 e. The van der Waals surface area contributed by atoms with E-state index in [1.807, 2.05) is 12.1 Å². The zero-order valence-corrected chi connectivity index (χ0v) is 14.8. The van der Waals surface area contributed by atoms with E-state index in [-0.39, 0.29) is 0 Å². The molecule has 0 N–H and O–H groups in total. The van der Waals surface area contributed by atoms with Gasteiger partial charge in [-0.2, -0.15) is 4.37 Å². The van der Waals surface area contributed by atoms with Crippen LogP contribution in [0.3, 0.4) is 0 Å². The third-order valence-corrected chi connectivity index (χ3v) is 4.26. The minimum atomic E-state index is -0.411. The Morgan fingerprint density at radius 3 is 2.43 bits per heavy atom. The second-order valence-corrected chi connectivity index (χ2v) is 6.05. The standard InChI is InChI=1S/C17H21NO4S/c1-6-22-17(19)13-8-16(23-18-13)12-7-11(10(2)3)14(20-4)9-15(12)21-5/h7-10H,6H2,1-5H3. The molecule has 23 heavy (non-hydrogen) atoms. The number of carbonyl (C=O) groups excluding carboxylic acids is 1. The fourth-order valence-corrected chi connectivity index (χ4v) is 3.02. The van der Waals surface area contributed by atoms with Gasteiger partial charge in [0, 0.05) is 11.6 Å². The maximum absolute atomic E-state index is 11.8. The summed E-state index contributed by atoms with van der Waals surface area (Å²) in [6, 6.07) is 5.64. The van der Waals surface area contributed by atoms with Crippen LogP contribution in [-0.2, 0) is 4.74 Å². The van der Waals surface area contributed by atoms with Gasteiger partial charge in [-0.15, -0.1) is 0 Å². The molecule has 0 bridgehead atoms. The lowest BCUT2D eigenvalue weighted by atomic mass is 9.98. The van der Waals surface area contributed by atoms with Crippen molar-refractivity contribution in [1.29, 1.82) is 0 Å². The van der Waals surface area contributed by atoms with Gasteiger partial charge in [-0.05, 0) is 42.1 Å². The predicted octanol–water partition coefficient (Wildman–Crippen LogP) is 4.13. The van der Waals surface area contributed by atoms with Crippen molar-refractivity contribution in [3.05, 3.63) is 29.5 Å². The second-order valence-electron chi connectivity index (χ2n) is 5.25. The number of aromatic nitrogens is 1. The molecule has 2 rings (SSSR count). The molecule has 0 aliphatic carbocycles. The van der Waals surface area contributed by atoms with Crippen LogP contribution in [0.1, 0.15) is 42.7 Å². The van der Waals surface area contributed by atoms with E-state index in [0.717, 1.165) is 21.8 Å². The number of benzene rings is 1. The van der Waals surface area contributed by atoms with Gasteiger partial charge >= 0.3 is 5.97 Å². The maximum Gasteiger partial charge on any atom is 0.358 e. The normalized spacial score (nSPS) is 10.7. The van der Waals surface area contributed by atoms with Crippen molar-refractivity contribution in [2.45, 2.75) is 26.7 Å². The highest BCUT2D eigenvalue weighted by atomic mass is 32.1. The summed E-state index contributed by atoms with van der Waals surface area (Å²) in [4.78, 5) is 12.6. The van der Waals surface area contributed by atoms with E-state index in [2.05, 4.69) is 18.2 Å². The van der Waals surface area contributed by atoms with Crippen molar-refractivity contribution in [3.8, 4) is 21.9 Å². The largest absolute Gasteiger partial charge is 0.496 e. The molecule has 0 amide bonds. The van der Waals surface area contributed by atoms with Gasteiger partial charge < -0.3 is 14.2 Å². The van der Waals surface area contributed by atoms with E-state index in [1.54, 1.807) is 27.2 Å². The molecule has 0 unspecified atom stereocenters. The van der Waals surface area contributed by atoms with Crippen molar-refractivity contribution in [3.63, 3.8) is 0 Å². The van der Waals surface area contributed by atoms with Gasteiger partial charge in [-0.1, -0.05) is 13.8 Å². The average Bonchev–Trinajstić information content (AvgIpc) is 3.03. The number of hydrogen-bond acceptors (Lipinski definition) is 6. The zero-order valence-electron chi connectivity index (χ0n) is 14.0. The second kappa shape index (κ2) is 7.46. The third kappa shape index (κ3) is 3.64. The van der Waals surface area contributed by atoms with Gasteiger partial charge in [0.1, 0.15) is 11.5 Å². The summed E-state index contributed by atoms with van der Waals surface area (Å²) in [6.45, 7) is 6.30. The van der Waals surface area contributed by atoms with Crippen molar-refractivity contribution in [2.75, 3.05) is 20.8 Å². The summed E-state index contributed by atoms with van der Waals surface area (Å²) in [5.74, 6) is 1.36. The highest BCUT2D eigenvalue weighted by Crippen LogP contribution is 2.40. The van der Waals surface area contributed by atoms with E-state index >= 15 is 0 Å². The van der Waals surface area contributed by atoms with Gasteiger partial charge in [0.05, 0.1) is 25.7 Å². The first kappa shape index (κ1) is 17.3. The molecule has 5 nitrogen and oxygen atoms in total. The van der Waals surface area contributed by atoms with Crippen LogP contribution >= 0.6 is 11.5 Å². The Bertz CT molecular complexity index is 694. The zero-order chi connectivity index (χ0) is 17.0. The van der Waals surface area contributed by atoms with Crippen LogP contribution in [0, 0.1) is 0 Å². The molecule has 0 spiro atoms. The van der Waals surface area contributed by atoms with Gasteiger partial charge in [0.2, 0.25) is 0 Å². The predicted molar refractivity (Wildman–Crippen MR) is 90.7 cm³/mol. The molecule has 0 atom stereocenters. The van der Waals surface area contributed by atoms with Crippen LogP contribution in [0.25, 0.3) is 10.4 Å². The quantitative estimate of drug-likeness (QED) is 0.743. The van der Waals surface area contributed by atoms with Crippen LogP contribution in [-0.4, -0.2) is 31.2 Å². The maximum atomic E-state index is 11.8. The van der Waals surface area contributed by atoms with Crippen molar-refractivity contribution >= 4 is 17.5 Å². The molecule has 0 saturated carbocycles. The number of methoxy groups -OCH3 is 2. The van der Waals surface area contributed by atoms with Gasteiger partial charge in [-0.3, -0.25) is 0 Å². The Kier molecular flexibility index (Phi) is 5.60. The number of esters is 1. The Labute approximate surface area is 140 Å². The van der Waals surface area contributed by atoms with E-state index in [4.69, 9.17) is 14.2 Å². The van der Waals surface area contributed by atoms with Crippen molar-refractivity contribution in [2.24, 2.45) is 0 Å². The molecule has 2 aromatic rings. The van der Waals surface area contributed by atoms with Gasteiger partial charge in [0.15, 0.2) is 5.69 Å². The van der Waals surface area contributed by atoms with Crippen LogP contribution < -0.4 is 9.47 Å². The third-order valence-electron chi connectivity index (χ3n) is 3.43. The highest BCUT2D eigenvalue weighted by Gasteiger charge is 2.19. The van der Waals surface area contributed by atoms with E-state index in [0.29, 0.717) is 24.0 Å². The van der Waals surface area contributed by atoms with Crippen molar-refractivity contribution in [1.82, 2.24) is 4.37 Å². The first-order valence-electron chi connectivity index (χ1n) is 7.41. The first-order chi connectivity index (χ1) is 11.0. The van der Waals surface area contributed by atoms with E-state index in [1.165, 1.54) is 11.5 Å². The van der Waals surface area contributed by atoms with Crippen LogP contribution in [0.5, 0.6) is 11.5 Å². The fourth-order valence-electron chi connectivity index (χ4n) is 2.27. The summed E-state index contributed by atoms with van der Waals surface area (Å²) in [5, 5.41) is 0. The monoisotopic (exact) mass is 335 g/mol. The minimum absolute atomic E-state index is 0.298. The number of carbonyl (C=O) groups is 1. The molecule has 1 heterocycles. The number of rotatable bonds is 6. The number of nitrogens with zero attached hydrogens (tertiary/aromatic N) is 1. The molecule has 0 saturated heterocycles. The molecule has 124 valence electrons. The van der Waals surface area contributed by atoms with Crippen LogP contribution in [0.2, 0.25) is 0 Å². The Morgan fingerprint density at radius 2 is 1.87 bits per heavy atom. The Balaban J connectivity index is 2.49. The summed E-state index contributed by atoms with van der Waals surface area (Å²) in [6.07, 6.45) is 0. The lowest BCUT2D eigenvalue weighted by molar-refractivity contribution is 0.0521. The molecule has 1 aromatic carbocycles. The molecule has 0 aliphatic heterocycles. The number of ether oxygens (including phenoxy) is 3. The van der Waals surface area contributed by atoms with Crippen LogP contribution in [0.15, 0.2) is 18.2 Å². The van der Waals surface area contributed by atoms with E-state index in [9.17, 15) is 4.79 Å². The lowest BCUT2D eigenvalue weighted by Gasteiger charge is -2.16. The first-order valence-corrected chi connectivity index (χ1v) is 8.19. The average molecular weight is 335 g/mol. The molecule has 0 fully saturated rings. The molecule has 6 heteroatoms. The van der Waals surface area contributed by atoms with Crippen LogP contribution in [0.4, 0.5) is 0 Å². The topological polar surface area (TPSA) is 57.7 Å². The van der Waals surface area contributed by atoms with Gasteiger partial charge in [-0.25, -0.2) is 4.79 Å². The number of hydrogen-bond donors (Lipinski definition) is 0. The van der Waals surface area contributed by atoms with Gasteiger partial charge in [0.25, 0.3) is 0 Å². The molecule has 0 aliphatic rings. The smallest absolute Gasteiger partial charge is 0.358 e. The fraction of sp³-hybridized carbons (Fsp3) is 0.412. The lowest BCUT2D eigenvalue weighted by Crippen LogP contribution is -2.04. The Hall–Kier alpha value is -2.08. The molecular formula is C17H21NO4S. The molecule has 1 aromatic heterocycles. The summed E-state index contributed by atoms with van der Waals surface area (Å²) in [5.41, 5.74) is 2.29. The SMILES string of the molecule is CCOC(=O)c1cc(-c2cc(C(C)C)c(OC)cc2OC)sn1. The summed E-state index contributed by atoms with van der Waals surface area (Å²) >= 11 is 1.25. The molecule has 0 radical (unpaired) electrons. The van der Waals surface area contributed by atoms with E-state index < -0.39 is 5.97 Å². The van der Waals surface area contributed by atoms with Crippen molar-refractivity contribution < 1.29 is 19.0 Å². The Morgan fingerprint density at radius 1 is 1.17 bits per heavy atom. The molecular weight excluding hydrogens is 314 g/mol. The summed E-state index contributed by atoms with van der Waals surface area (Å²) in [7, 11) is 3.26. The highest BCUT2D eigenvalue weighted by molar-refractivity contribution is 7.09.